The van der Waals surface area contributed by atoms with Crippen LogP contribution in [0.5, 0.6) is 0 Å². The highest BCUT2D eigenvalue weighted by atomic mass is 32.2. The van der Waals surface area contributed by atoms with Crippen LogP contribution in [0.4, 0.5) is 0 Å². The van der Waals surface area contributed by atoms with Crippen LogP contribution in [0.25, 0.3) is 88.5 Å². The molecule has 0 spiro atoms. The predicted molar refractivity (Wildman–Crippen MR) is 201 cm³/mol. The SMILES string of the molecule is c1ccc(-n2c3ccccc3c3cc(-c4ccc5c(c4)c4ccccc4n5-c4nc5c6c(cccc6n4)Sc4ncccc4-5)ccc32)cc1. The largest absolute Gasteiger partial charge is 0.309 e. The number of hydrogen-bond donors (Lipinski definition) is 0. The Kier molecular flexibility index (Phi) is 5.54. The van der Waals surface area contributed by atoms with Gasteiger partial charge in [-0.05, 0) is 83.9 Å². The molecule has 0 unspecified atom stereocenters. The van der Waals surface area contributed by atoms with Crippen LogP contribution in [0.1, 0.15) is 0 Å². The van der Waals surface area contributed by atoms with Crippen molar-refractivity contribution in [2.45, 2.75) is 9.92 Å². The third-order valence-electron chi connectivity index (χ3n) is 9.80. The zero-order valence-corrected chi connectivity index (χ0v) is 26.9. The smallest absolute Gasteiger partial charge is 0.235 e. The van der Waals surface area contributed by atoms with Gasteiger partial charge in [0.25, 0.3) is 0 Å². The molecular weight excluding hydrogens is 619 g/mol. The lowest BCUT2D eigenvalue weighted by Gasteiger charge is -2.19. The lowest BCUT2D eigenvalue weighted by Crippen LogP contribution is -2.06. The lowest BCUT2D eigenvalue weighted by molar-refractivity contribution is 1.00. The van der Waals surface area contributed by atoms with Crippen LogP contribution in [0.3, 0.4) is 0 Å². The predicted octanol–water partition coefficient (Wildman–Crippen LogP) is 11.0. The Bertz CT molecular complexity index is 2980. The number of aromatic nitrogens is 5. The van der Waals surface area contributed by atoms with Gasteiger partial charge in [0.1, 0.15) is 5.03 Å². The van der Waals surface area contributed by atoms with Crippen LogP contribution >= 0.6 is 11.8 Å². The molecule has 10 aromatic rings. The molecule has 4 aromatic heterocycles. The second-order valence-corrected chi connectivity index (χ2v) is 13.5. The Morgan fingerprint density at radius 3 is 1.90 bits per heavy atom. The number of nitrogens with zero attached hydrogens (tertiary/aromatic N) is 5. The maximum Gasteiger partial charge on any atom is 0.235 e. The molecule has 0 radical (unpaired) electrons. The lowest BCUT2D eigenvalue weighted by atomic mass is 10.0. The summed E-state index contributed by atoms with van der Waals surface area (Å²) in [4.78, 5) is 16.3. The zero-order chi connectivity index (χ0) is 32.1. The molecule has 1 aliphatic rings. The highest BCUT2D eigenvalue weighted by molar-refractivity contribution is 7.99. The molecule has 0 saturated heterocycles. The van der Waals surface area contributed by atoms with E-state index >= 15 is 0 Å². The summed E-state index contributed by atoms with van der Waals surface area (Å²) in [6.07, 6.45) is 1.85. The average Bonchev–Trinajstić information content (AvgIpc) is 3.67. The number of hydrogen-bond acceptors (Lipinski definition) is 4. The van der Waals surface area contributed by atoms with Crippen LogP contribution in [-0.2, 0) is 0 Å². The van der Waals surface area contributed by atoms with Gasteiger partial charge in [0.2, 0.25) is 5.95 Å². The molecule has 5 nitrogen and oxygen atoms in total. The second-order valence-electron chi connectivity index (χ2n) is 12.5. The van der Waals surface area contributed by atoms with E-state index in [2.05, 4.69) is 154 Å². The van der Waals surface area contributed by atoms with Crippen LogP contribution in [0.15, 0.2) is 162 Å². The van der Waals surface area contributed by atoms with Gasteiger partial charge < -0.3 is 4.57 Å². The van der Waals surface area contributed by atoms with Gasteiger partial charge in [-0.15, -0.1) is 0 Å². The maximum atomic E-state index is 5.28. The van der Waals surface area contributed by atoms with E-state index in [1.165, 1.54) is 43.7 Å². The topological polar surface area (TPSA) is 48.5 Å². The van der Waals surface area contributed by atoms with E-state index in [-0.39, 0.29) is 0 Å². The molecule has 6 aromatic carbocycles. The van der Waals surface area contributed by atoms with Crippen molar-refractivity contribution in [2.75, 3.05) is 0 Å². The Balaban J connectivity index is 1.12. The minimum absolute atomic E-state index is 0.662. The Hall–Kier alpha value is -6.24. The fourth-order valence-electron chi connectivity index (χ4n) is 7.65. The van der Waals surface area contributed by atoms with E-state index in [0.29, 0.717) is 5.95 Å². The summed E-state index contributed by atoms with van der Waals surface area (Å²) in [7, 11) is 0. The molecular formula is C43H25N5S. The molecule has 5 heterocycles. The highest BCUT2D eigenvalue weighted by Crippen LogP contribution is 2.46. The van der Waals surface area contributed by atoms with Crippen LogP contribution < -0.4 is 0 Å². The van der Waals surface area contributed by atoms with Crippen molar-refractivity contribution in [3.8, 4) is 34.0 Å². The van der Waals surface area contributed by atoms with Crippen molar-refractivity contribution in [1.29, 1.82) is 0 Å². The van der Waals surface area contributed by atoms with Gasteiger partial charge in [-0.25, -0.2) is 15.0 Å². The standard InChI is InChI=1S/C43H25N5S/c1-2-10-28(11-3-1)47-35-16-6-4-12-29(35)32-24-26(19-21-37(32)47)27-20-22-38-33(25-27)30-13-5-7-17-36(30)48(38)43-45-34-15-8-18-39-40(34)41(46-43)31-14-9-23-44-42(31)49-39/h1-25H. The van der Waals surface area contributed by atoms with E-state index in [9.17, 15) is 0 Å². The van der Waals surface area contributed by atoms with Crippen molar-refractivity contribution < 1.29 is 0 Å². The monoisotopic (exact) mass is 643 g/mol. The fraction of sp³-hybridized carbons (Fsp3) is 0. The molecule has 0 N–H and O–H groups in total. The van der Waals surface area contributed by atoms with E-state index in [0.717, 1.165) is 48.8 Å². The van der Waals surface area contributed by atoms with Crippen molar-refractivity contribution in [2.24, 2.45) is 0 Å². The molecule has 0 saturated carbocycles. The first kappa shape index (κ1) is 26.8. The molecule has 49 heavy (non-hydrogen) atoms. The number of benzene rings is 6. The molecule has 6 heteroatoms. The summed E-state index contributed by atoms with van der Waals surface area (Å²) >= 11 is 1.68. The third-order valence-corrected chi connectivity index (χ3v) is 10.9. The number of fused-ring (bicyclic) bond motifs is 8. The first-order valence-corrected chi connectivity index (χ1v) is 17.2. The van der Waals surface area contributed by atoms with Gasteiger partial charge in [0.05, 0.1) is 33.3 Å². The number of para-hydroxylation sites is 3. The van der Waals surface area contributed by atoms with Gasteiger partial charge in [0.15, 0.2) is 0 Å². The van der Waals surface area contributed by atoms with Gasteiger partial charge in [-0.3, -0.25) is 4.57 Å². The minimum atomic E-state index is 0.662. The zero-order valence-electron chi connectivity index (χ0n) is 26.1. The average molecular weight is 644 g/mol. The summed E-state index contributed by atoms with van der Waals surface area (Å²) < 4.78 is 4.57. The molecule has 0 fully saturated rings. The third kappa shape index (κ3) is 3.86. The van der Waals surface area contributed by atoms with Crippen molar-refractivity contribution >= 4 is 66.3 Å². The van der Waals surface area contributed by atoms with Gasteiger partial charge >= 0.3 is 0 Å². The van der Waals surface area contributed by atoms with E-state index in [4.69, 9.17) is 9.97 Å². The highest BCUT2D eigenvalue weighted by Gasteiger charge is 2.24. The molecule has 0 aliphatic carbocycles. The van der Waals surface area contributed by atoms with Gasteiger partial charge in [-0.2, -0.15) is 0 Å². The van der Waals surface area contributed by atoms with E-state index < -0.39 is 0 Å². The quantitative estimate of drug-likeness (QED) is 0.192. The minimum Gasteiger partial charge on any atom is -0.309 e. The van der Waals surface area contributed by atoms with Gasteiger partial charge in [0, 0.05) is 49.3 Å². The van der Waals surface area contributed by atoms with Gasteiger partial charge in [-0.1, -0.05) is 84.6 Å². The number of rotatable bonds is 3. The molecule has 1 aliphatic heterocycles. The maximum absolute atomic E-state index is 5.28. The molecule has 0 atom stereocenters. The van der Waals surface area contributed by atoms with Crippen molar-refractivity contribution in [3.05, 3.63) is 152 Å². The molecule has 228 valence electrons. The molecule has 0 bridgehead atoms. The molecule has 11 rings (SSSR count). The summed E-state index contributed by atoms with van der Waals surface area (Å²) in [5.74, 6) is 0.662. The van der Waals surface area contributed by atoms with E-state index in [1.807, 2.05) is 12.3 Å². The van der Waals surface area contributed by atoms with Crippen LogP contribution in [0.2, 0.25) is 0 Å². The number of pyridine rings is 1. The summed E-state index contributed by atoms with van der Waals surface area (Å²) in [5.41, 5.74) is 11.0. The summed E-state index contributed by atoms with van der Waals surface area (Å²) in [6.45, 7) is 0. The Labute approximate surface area is 285 Å². The van der Waals surface area contributed by atoms with E-state index in [1.54, 1.807) is 11.8 Å². The van der Waals surface area contributed by atoms with Crippen LogP contribution in [-0.4, -0.2) is 24.1 Å². The van der Waals surface area contributed by atoms with Crippen LogP contribution in [0, 0.1) is 0 Å². The fourth-order valence-corrected chi connectivity index (χ4v) is 8.70. The first-order valence-electron chi connectivity index (χ1n) is 16.4. The summed E-state index contributed by atoms with van der Waals surface area (Å²) in [6, 6.07) is 51.9. The summed E-state index contributed by atoms with van der Waals surface area (Å²) in [5, 5.41) is 6.89. The van der Waals surface area contributed by atoms with Crippen molar-refractivity contribution in [1.82, 2.24) is 24.1 Å². The first-order chi connectivity index (χ1) is 24.3. The Morgan fingerprint density at radius 2 is 1.14 bits per heavy atom. The Morgan fingerprint density at radius 1 is 0.490 bits per heavy atom. The molecule has 0 amide bonds. The normalized spacial score (nSPS) is 12.4. The second kappa shape index (κ2) is 10.1. The van der Waals surface area contributed by atoms with Crippen molar-refractivity contribution in [3.63, 3.8) is 0 Å².